The van der Waals surface area contributed by atoms with Gasteiger partial charge >= 0.3 is 0 Å². The number of halogens is 1. The second kappa shape index (κ2) is 6.24. The van der Waals surface area contributed by atoms with Gasteiger partial charge in [-0.1, -0.05) is 23.7 Å². The molecule has 0 aromatic heterocycles. The predicted octanol–water partition coefficient (Wildman–Crippen LogP) is 2.01. The lowest BCUT2D eigenvalue weighted by Crippen LogP contribution is -2.50. The fraction of sp³-hybridized carbons (Fsp3) is 0.538. The molecule has 4 heteroatoms. The Hall–Kier alpha value is -0.770. The minimum Gasteiger partial charge on any atom is -0.491 e. The number of ether oxygens (including phenoxy) is 1. The van der Waals surface area contributed by atoms with Gasteiger partial charge in [-0.2, -0.15) is 0 Å². The van der Waals surface area contributed by atoms with E-state index in [1.807, 2.05) is 24.3 Å². The monoisotopic (exact) mass is 254 g/mol. The van der Waals surface area contributed by atoms with Crippen molar-refractivity contribution in [3.8, 4) is 5.75 Å². The maximum absolute atomic E-state index is 6.03. The molecule has 1 aromatic carbocycles. The van der Waals surface area contributed by atoms with Crippen LogP contribution < -0.4 is 10.1 Å². The summed E-state index contributed by atoms with van der Waals surface area (Å²) in [7, 11) is 0. The highest BCUT2D eigenvalue weighted by atomic mass is 35.5. The van der Waals surface area contributed by atoms with E-state index in [9.17, 15) is 0 Å². The number of rotatable bonds is 4. The topological polar surface area (TPSA) is 24.5 Å². The van der Waals surface area contributed by atoms with Gasteiger partial charge in [-0.05, 0) is 19.1 Å². The minimum atomic E-state index is 0.582. The molecule has 0 saturated carbocycles. The summed E-state index contributed by atoms with van der Waals surface area (Å²) in [6.07, 6.45) is 0. The number of hydrogen-bond acceptors (Lipinski definition) is 3. The van der Waals surface area contributed by atoms with Gasteiger partial charge in [-0.15, -0.1) is 0 Å². The van der Waals surface area contributed by atoms with Crippen molar-refractivity contribution in [3.63, 3.8) is 0 Å². The minimum absolute atomic E-state index is 0.582. The summed E-state index contributed by atoms with van der Waals surface area (Å²) >= 11 is 6.03. The van der Waals surface area contributed by atoms with E-state index in [0.29, 0.717) is 17.7 Å². The molecule has 94 valence electrons. The number of nitrogens with zero attached hydrogens (tertiary/aromatic N) is 1. The molecule has 2 rings (SSSR count). The Kier molecular flexibility index (Phi) is 4.66. The Balaban J connectivity index is 1.77. The van der Waals surface area contributed by atoms with Crippen LogP contribution in [0.1, 0.15) is 6.92 Å². The highest BCUT2D eigenvalue weighted by Gasteiger charge is 2.17. The first kappa shape index (κ1) is 12.7. The van der Waals surface area contributed by atoms with Gasteiger partial charge in [0.2, 0.25) is 0 Å². The highest BCUT2D eigenvalue weighted by molar-refractivity contribution is 6.32. The van der Waals surface area contributed by atoms with E-state index in [1.54, 1.807) is 0 Å². The molecule has 1 aliphatic rings. The van der Waals surface area contributed by atoms with E-state index < -0.39 is 0 Å². The molecule has 17 heavy (non-hydrogen) atoms. The smallest absolute Gasteiger partial charge is 0.137 e. The standard InChI is InChI=1S/C13H19ClN2O/c1-11-10-15-6-7-16(11)8-9-17-13-5-3-2-4-12(13)14/h2-5,11,15H,6-10H2,1H3/t11-/m0/s1. The third-order valence-corrected chi connectivity index (χ3v) is 3.42. The van der Waals surface area contributed by atoms with Crippen LogP contribution in [0.3, 0.4) is 0 Å². The first-order chi connectivity index (χ1) is 8.27. The van der Waals surface area contributed by atoms with E-state index in [-0.39, 0.29) is 0 Å². The van der Waals surface area contributed by atoms with E-state index in [2.05, 4.69) is 17.1 Å². The average molecular weight is 255 g/mol. The summed E-state index contributed by atoms with van der Waals surface area (Å²) in [6.45, 7) is 7.10. The van der Waals surface area contributed by atoms with Crippen LogP contribution in [0, 0.1) is 0 Å². The molecule has 1 atom stereocenters. The summed E-state index contributed by atoms with van der Waals surface area (Å²) in [5, 5.41) is 4.06. The lowest BCUT2D eigenvalue weighted by atomic mass is 10.2. The number of piperazine rings is 1. The maximum atomic E-state index is 6.03. The zero-order valence-corrected chi connectivity index (χ0v) is 10.9. The number of hydrogen-bond donors (Lipinski definition) is 1. The number of benzene rings is 1. The number of nitrogens with one attached hydrogen (secondary N) is 1. The van der Waals surface area contributed by atoms with Gasteiger partial charge in [0.05, 0.1) is 5.02 Å². The largest absolute Gasteiger partial charge is 0.491 e. The van der Waals surface area contributed by atoms with E-state index in [1.165, 1.54) is 0 Å². The molecule has 1 aromatic rings. The van der Waals surface area contributed by atoms with Gasteiger partial charge in [0, 0.05) is 32.2 Å². The molecule has 0 aliphatic carbocycles. The first-order valence-corrected chi connectivity index (χ1v) is 6.47. The molecule has 1 saturated heterocycles. The van der Waals surface area contributed by atoms with Gasteiger partial charge < -0.3 is 10.1 Å². The van der Waals surface area contributed by atoms with Crippen molar-refractivity contribution in [2.45, 2.75) is 13.0 Å². The highest BCUT2D eigenvalue weighted by Crippen LogP contribution is 2.22. The Morgan fingerprint density at radius 3 is 3.06 bits per heavy atom. The molecular formula is C13H19ClN2O. The third-order valence-electron chi connectivity index (χ3n) is 3.11. The molecule has 0 spiro atoms. The lowest BCUT2D eigenvalue weighted by Gasteiger charge is -2.33. The van der Waals surface area contributed by atoms with Crippen LogP contribution >= 0.6 is 11.6 Å². The summed E-state index contributed by atoms with van der Waals surface area (Å²) in [4.78, 5) is 2.44. The van der Waals surface area contributed by atoms with Crippen LogP contribution in [-0.2, 0) is 0 Å². The zero-order valence-electron chi connectivity index (χ0n) is 10.2. The molecule has 0 bridgehead atoms. The first-order valence-electron chi connectivity index (χ1n) is 6.09. The van der Waals surface area contributed by atoms with Crippen molar-refractivity contribution in [2.75, 3.05) is 32.8 Å². The van der Waals surface area contributed by atoms with Gasteiger partial charge in [-0.25, -0.2) is 0 Å². The summed E-state index contributed by atoms with van der Waals surface area (Å²) in [6, 6.07) is 8.19. The fourth-order valence-electron chi connectivity index (χ4n) is 2.05. The molecule has 1 fully saturated rings. The molecule has 1 heterocycles. The second-order valence-corrected chi connectivity index (χ2v) is 4.78. The van der Waals surface area contributed by atoms with Crippen LogP contribution in [0.5, 0.6) is 5.75 Å². The van der Waals surface area contributed by atoms with Crippen molar-refractivity contribution in [2.24, 2.45) is 0 Å². The van der Waals surface area contributed by atoms with Gasteiger partial charge in [0.1, 0.15) is 12.4 Å². The third kappa shape index (κ3) is 3.60. The molecule has 1 aliphatic heterocycles. The van der Waals surface area contributed by atoms with Gasteiger partial charge in [0.15, 0.2) is 0 Å². The van der Waals surface area contributed by atoms with Gasteiger partial charge in [0.25, 0.3) is 0 Å². The van der Waals surface area contributed by atoms with Crippen LogP contribution in [0.2, 0.25) is 5.02 Å². The fourth-order valence-corrected chi connectivity index (χ4v) is 2.24. The van der Waals surface area contributed by atoms with Crippen molar-refractivity contribution in [1.29, 1.82) is 0 Å². The Labute approximate surface area is 108 Å². The SMILES string of the molecule is C[C@H]1CNCCN1CCOc1ccccc1Cl. The van der Waals surface area contributed by atoms with Crippen LogP contribution in [0.25, 0.3) is 0 Å². The lowest BCUT2D eigenvalue weighted by molar-refractivity contribution is 0.143. The molecule has 0 unspecified atom stereocenters. The van der Waals surface area contributed by atoms with Crippen LogP contribution in [0.15, 0.2) is 24.3 Å². The Morgan fingerprint density at radius 1 is 1.47 bits per heavy atom. The molecular weight excluding hydrogens is 236 g/mol. The van der Waals surface area contributed by atoms with Crippen molar-refractivity contribution in [3.05, 3.63) is 29.3 Å². The Bertz CT molecular complexity index is 359. The molecule has 1 N–H and O–H groups in total. The van der Waals surface area contributed by atoms with Crippen molar-refractivity contribution in [1.82, 2.24) is 10.2 Å². The van der Waals surface area contributed by atoms with Gasteiger partial charge in [-0.3, -0.25) is 4.90 Å². The summed E-state index contributed by atoms with van der Waals surface area (Å²) in [5.41, 5.74) is 0. The second-order valence-electron chi connectivity index (χ2n) is 4.37. The quantitative estimate of drug-likeness (QED) is 0.890. The molecule has 0 radical (unpaired) electrons. The van der Waals surface area contributed by atoms with E-state index >= 15 is 0 Å². The van der Waals surface area contributed by atoms with Crippen LogP contribution in [-0.4, -0.2) is 43.7 Å². The van der Waals surface area contributed by atoms with Crippen molar-refractivity contribution < 1.29 is 4.74 Å². The summed E-state index contributed by atoms with van der Waals surface area (Å²) in [5.74, 6) is 0.775. The van der Waals surface area contributed by atoms with Crippen LogP contribution in [0.4, 0.5) is 0 Å². The van der Waals surface area contributed by atoms with E-state index in [0.717, 1.165) is 31.9 Å². The Morgan fingerprint density at radius 2 is 2.29 bits per heavy atom. The normalized spacial score (nSPS) is 21.4. The average Bonchev–Trinajstić information content (AvgIpc) is 2.34. The molecule has 0 amide bonds. The molecule has 3 nitrogen and oxygen atoms in total. The van der Waals surface area contributed by atoms with E-state index in [4.69, 9.17) is 16.3 Å². The maximum Gasteiger partial charge on any atom is 0.137 e. The van der Waals surface area contributed by atoms with Crippen molar-refractivity contribution >= 4 is 11.6 Å². The summed E-state index contributed by atoms with van der Waals surface area (Å²) < 4.78 is 5.69. The predicted molar refractivity (Wildman–Crippen MR) is 70.9 cm³/mol. The number of para-hydroxylation sites is 1. The zero-order chi connectivity index (χ0) is 12.1.